The molecule has 0 atom stereocenters. The molecule has 1 aliphatic heterocycles. The van der Waals surface area contributed by atoms with E-state index in [1.807, 2.05) is 0 Å². The molecule has 2 aromatic rings. The number of fused-ring (bicyclic) bond motifs is 1. The van der Waals surface area contributed by atoms with Gasteiger partial charge in [0.1, 0.15) is 0 Å². The fraction of sp³-hybridized carbons (Fsp3) is 0.304. The molecule has 0 saturated heterocycles. The van der Waals surface area contributed by atoms with Crippen LogP contribution in [0, 0.1) is 0 Å². The van der Waals surface area contributed by atoms with Gasteiger partial charge >= 0.3 is 5.97 Å². The molecule has 7 heteroatoms. The van der Waals surface area contributed by atoms with Crippen molar-refractivity contribution in [1.29, 1.82) is 0 Å². The number of carbonyl (C=O) groups excluding carboxylic acids is 3. The number of carbonyl (C=O) groups is 4. The lowest BCUT2D eigenvalue weighted by Crippen LogP contribution is -2.40. The molecule has 0 radical (unpaired) electrons. The molecule has 3 amide bonds. The van der Waals surface area contributed by atoms with Crippen LogP contribution in [-0.4, -0.2) is 39.7 Å². The average molecular weight is 406 g/mol. The maximum atomic E-state index is 12.9. The molecule has 154 valence electrons. The molecule has 1 saturated carbocycles. The van der Waals surface area contributed by atoms with Gasteiger partial charge in [-0.1, -0.05) is 31.4 Å². The molecule has 1 aliphatic carbocycles. The molecule has 2 aliphatic rings. The van der Waals surface area contributed by atoms with Crippen LogP contribution in [0.4, 0.5) is 5.69 Å². The first kappa shape index (κ1) is 19.8. The number of hydrogen-bond acceptors (Lipinski definition) is 4. The van der Waals surface area contributed by atoms with Crippen LogP contribution >= 0.6 is 0 Å². The number of imide groups is 1. The third-order valence-corrected chi connectivity index (χ3v) is 5.69. The molecular formula is C23H22N2O5. The summed E-state index contributed by atoms with van der Waals surface area (Å²) in [4.78, 5) is 50.4. The van der Waals surface area contributed by atoms with E-state index in [4.69, 9.17) is 5.11 Å². The van der Waals surface area contributed by atoms with Crippen molar-refractivity contribution in [3.05, 3.63) is 64.7 Å². The van der Waals surface area contributed by atoms with Gasteiger partial charge in [0.25, 0.3) is 17.7 Å². The zero-order chi connectivity index (χ0) is 21.3. The summed E-state index contributed by atoms with van der Waals surface area (Å²) in [6.45, 7) is 0. The van der Waals surface area contributed by atoms with E-state index in [2.05, 4.69) is 5.32 Å². The Labute approximate surface area is 173 Å². The number of benzene rings is 2. The standard InChI is InChI=1S/C23H22N2O5/c26-20(27)12-14-6-9-16(10-7-14)24-21(28)15-8-11-18-19(13-15)23(30)25(22(18)29)17-4-2-1-3-5-17/h6-11,13,17H,1-5,12H2,(H,24,28)(H,26,27). The highest BCUT2D eigenvalue weighted by atomic mass is 16.4. The molecule has 0 aromatic heterocycles. The number of carboxylic acids is 1. The molecule has 30 heavy (non-hydrogen) atoms. The van der Waals surface area contributed by atoms with Crippen molar-refractivity contribution < 1.29 is 24.3 Å². The average Bonchev–Trinajstić information content (AvgIpc) is 2.99. The molecule has 1 heterocycles. The Kier molecular flexibility index (Phi) is 5.35. The van der Waals surface area contributed by atoms with Gasteiger partial charge in [-0.2, -0.15) is 0 Å². The predicted molar refractivity (Wildman–Crippen MR) is 110 cm³/mol. The monoisotopic (exact) mass is 406 g/mol. The second-order valence-electron chi connectivity index (χ2n) is 7.75. The number of amides is 3. The highest BCUT2D eigenvalue weighted by Crippen LogP contribution is 2.31. The zero-order valence-electron chi connectivity index (χ0n) is 16.4. The Balaban J connectivity index is 1.50. The van der Waals surface area contributed by atoms with Crippen molar-refractivity contribution in [1.82, 2.24) is 4.90 Å². The summed E-state index contributed by atoms with van der Waals surface area (Å²) in [5.74, 6) is -1.93. The third-order valence-electron chi connectivity index (χ3n) is 5.69. The van der Waals surface area contributed by atoms with E-state index in [0.717, 1.165) is 32.1 Å². The van der Waals surface area contributed by atoms with Crippen LogP contribution in [0.2, 0.25) is 0 Å². The molecular weight excluding hydrogens is 384 g/mol. The number of nitrogens with zero attached hydrogens (tertiary/aromatic N) is 1. The van der Waals surface area contributed by atoms with Gasteiger partial charge in [0, 0.05) is 17.3 Å². The van der Waals surface area contributed by atoms with E-state index in [1.54, 1.807) is 36.4 Å². The molecule has 2 aromatic carbocycles. The first-order chi connectivity index (χ1) is 14.4. The second kappa shape index (κ2) is 8.10. The van der Waals surface area contributed by atoms with Crippen molar-refractivity contribution in [2.24, 2.45) is 0 Å². The van der Waals surface area contributed by atoms with Crippen molar-refractivity contribution in [2.45, 2.75) is 44.6 Å². The summed E-state index contributed by atoms with van der Waals surface area (Å²) in [6, 6.07) is 11.0. The lowest BCUT2D eigenvalue weighted by molar-refractivity contribution is -0.136. The van der Waals surface area contributed by atoms with Gasteiger partial charge in [-0.05, 0) is 48.7 Å². The summed E-state index contributed by atoms with van der Waals surface area (Å²) in [5.41, 5.74) is 2.05. The Morgan fingerprint density at radius 3 is 2.27 bits per heavy atom. The maximum absolute atomic E-state index is 12.9. The Morgan fingerprint density at radius 2 is 1.60 bits per heavy atom. The van der Waals surface area contributed by atoms with Gasteiger partial charge in [0.2, 0.25) is 0 Å². The number of rotatable bonds is 5. The van der Waals surface area contributed by atoms with Crippen LogP contribution in [0.5, 0.6) is 0 Å². The van der Waals surface area contributed by atoms with Crippen LogP contribution in [0.1, 0.15) is 68.7 Å². The van der Waals surface area contributed by atoms with Crippen LogP contribution in [-0.2, 0) is 11.2 Å². The molecule has 2 N–H and O–H groups in total. The van der Waals surface area contributed by atoms with Crippen LogP contribution in [0.3, 0.4) is 0 Å². The maximum Gasteiger partial charge on any atom is 0.307 e. The number of aliphatic carboxylic acids is 1. The number of anilines is 1. The van der Waals surface area contributed by atoms with Crippen molar-refractivity contribution in [2.75, 3.05) is 5.32 Å². The zero-order valence-corrected chi connectivity index (χ0v) is 16.4. The summed E-state index contributed by atoms with van der Waals surface area (Å²) in [7, 11) is 0. The summed E-state index contributed by atoms with van der Waals surface area (Å²) in [5, 5.41) is 11.6. The predicted octanol–water partition coefficient (Wildman–Crippen LogP) is 3.49. The van der Waals surface area contributed by atoms with E-state index in [9.17, 15) is 19.2 Å². The van der Waals surface area contributed by atoms with Crippen LogP contribution < -0.4 is 5.32 Å². The van der Waals surface area contributed by atoms with Crippen LogP contribution in [0.15, 0.2) is 42.5 Å². The Bertz CT molecular complexity index is 1020. The van der Waals surface area contributed by atoms with Crippen molar-refractivity contribution >= 4 is 29.4 Å². The van der Waals surface area contributed by atoms with Crippen LogP contribution in [0.25, 0.3) is 0 Å². The van der Waals surface area contributed by atoms with E-state index in [0.29, 0.717) is 16.8 Å². The van der Waals surface area contributed by atoms with Gasteiger partial charge in [0.05, 0.1) is 17.5 Å². The minimum absolute atomic E-state index is 0.0623. The number of hydrogen-bond donors (Lipinski definition) is 2. The lowest BCUT2D eigenvalue weighted by Gasteiger charge is -2.29. The summed E-state index contributed by atoms with van der Waals surface area (Å²) >= 11 is 0. The topological polar surface area (TPSA) is 104 Å². The largest absolute Gasteiger partial charge is 0.481 e. The van der Waals surface area contributed by atoms with Gasteiger partial charge in [-0.25, -0.2) is 0 Å². The molecule has 0 spiro atoms. The smallest absolute Gasteiger partial charge is 0.307 e. The van der Waals surface area contributed by atoms with E-state index >= 15 is 0 Å². The van der Waals surface area contributed by atoms with Gasteiger partial charge in [-0.15, -0.1) is 0 Å². The fourth-order valence-corrected chi connectivity index (χ4v) is 4.16. The van der Waals surface area contributed by atoms with E-state index < -0.39 is 11.9 Å². The van der Waals surface area contributed by atoms with Gasteiger partial charge < -0.3 is 10.4 Å². The number of carboxylic acid groups (broad SMARTS) is 1. The summed E-state index contributed by atoms with van der Waals surface area (Å²) < 4.78 is 0. The highest BCUT2D eigenvalue weighted by molar-refractivity contribution is 6.22. The van der Waals surface area contributed by atoms with E-state index in [1.165, 1.54) is 11.0 Å². The molecule has 4 rings (SSSR count). The first-order valence-electron chi connectivity index (χ1n) is 10.1. The first-order valence-corrected chi connectivity index (χ1v) is 10.1. The summed E-state index contributed by atoms with van der Waals surface area (Å²) in [6.07, 6.45) is 4.72. The highest BCUT2D eigenvalue weighted by Gasteiger charge is 2.40. The number of nitrogens with one attached hydrogen (secondary N) is 1. The van der Waals surface area contributed by atoms with Crippen molar-refractivity contribution in [3.8, 4) is 0 Å². The fourth-order valence-electron chi connectivity index (χ4n) is 4.16. The minimum atomic E-state index is -0.925. The lowest BCUT2D eigenvalue weighted by atomic mass is 9.94. The quantitative estimate of drug-likeness (QED) is 0.740. The van der Waals surface area contributed by atoms with E-state index in [-0.39, 0.29) is 35.4 Å². The molecule has 0 bridgehead atoms. The molecule has 0 unspecified atom stereocenters. The third kappa shape index (κ3) is 3.83. The van der Waals surface area contributed by atoms with Gasteiger partial charge in [0.15, 0.2) is 0 Å². The minimum Gasteiger partial charge on any atom is -0.481 e. The normalized spacial score (nSPS) is 16.5. The van der Waals surface area contributed by atoms with Crippen molar-refractivity contribution in [3.63, 3.8) is 0 Å². The molecule has 7 nitrogen and oxygen atoms in total. The SMILES string of the molecule is O=C(O)Cc1ccc(NC(=O)c2ccc3c(c2)C(=O)N(C2CCCCC2)C3=O)cc1. The molecule has 1 fully saturated rings. The Morgan fingerprint density at radius 1 is 0.933 bits per heavy atom. The Hall–Kier alpha value is -3.48. The second-order valence-corrected chi connectivity index (χ2v) is 7.75. The van der Waals surface area contributed by atoms with Gasteiger partial charge in [-0.3, -0.25) is 24.1 Å².